The van der Waals surface area contributed by atoms with Gasteiger partial charge in [-0.1, -0.05) is 29.4 Å². The van der Waals surface area contributed by atoms with Crippen LogP contribution >= 0.6 is 0 Å². The summed E-state index contributed by atoms with van der Waals surface area (Å²) < 4.78 is 7.79. The Kier molecular flexibility index (Phi) is 8.05. The van der Waals surface area contributed by atoms with Crippen molar-refractivity contribution in [2.24, 2.45) is 43.5 Å². The second-order valence-electron chi connectivity index (χ2n) is 9.71. The molecule has 0 aliphatic rings. The molecule has 0 saturated heterocycles. The number of imidazole rings is 2. The molecule has 0 aliphatic carbocycles. The molecule has 0 aliphatic heterocycles. The summed E-state index contributed by atoms with van der Waals surface area (Å²) in [6, 6.07) is 24.7. The van der Waals surface area contributed by atoms with Gasteiger partial charge in [-0.25, -0.2) is 9.13 Å². The Bertz CT molecular complexity index is 1590. The molecule has 2 aromatic heterocycles. The molecule has 10 nitrogen and oxygen atoms in total. The van der Waals surface area contributed by atoms with Crippen LogP contribution in [0, 0.1) is 0 Å². The van der Waals surface area contributed by atoms with Crippen LogP contribution in [-0.4, -0.2) is 13.7 Å². The standard InChI is InChI=1S/C30H34N10/c1-37-17-18-38(2)29(37)35-33-27-13-9-25(10-14-27)31-21-23-5-7-24(8-6-23)22-32-26-11-15-28(16-12-26)34-36-30-39(3)19-20-40(30)4/h5-20H,21-22H2,1-4H3,(H2,31,32,33,34)/p+1. The number of benzene rings is 3. The van der Waals surface area contributed by atoms with Gasteiger partial charge < -0.3 is 19.8 Å². The van der Waals surface area contributed by atoms with Crippen molar-refractivity contribution in [3.05, 3.63) is 114 Å². The van der Waals surface area contributed by atoms with Crippen molar-refractivity contribution < 1.29 is 4.57 Å². The van der Waals surface area contributed by atoms with E-state index in [1.807, 2.05) is 108 Å². The number of nitrogens with zero attached hydrogens (tertiary/aromatic N) is 7. The maximum atomic E-state index is 4.47. The molecule has 0 bridgehead atoms. The van der Waals surface area contributed by atoms with E-state index >= 15 is 0 Å². The Morgan fingerprint density at radius 3 is 1.68 bits per heavy atom. The zero-order valence-corrected chi connectivity index (χ0v) is 23.3. The first-order valence-electron chi connectivity index (χ1n) is 13.1. The van der Waals surface area contributed by atoms with Crippen molar-refractivity contribution >= 4 is 28.7 Å². The van der Waals surface area contributed by atoms with Crippen molar-refractivity contribution in [1.29, 1.82) is 0 Å². The average Bonchev–Trinajstić information content (AvgIpc) is 3.48. The summed E-state index contributed by atoms with van der Waals surface area (Å²) in [5.74, 6) is 0.788. The first kappa shape index (κ1) is 26.5. The molecule has 204 valence electrons. The molecule has 10 heteroatoms. The van der Waals surface area contributed by atoms with Crippen molar-refractivity contribution in [3.63, 3.8) is 0 Å². The van der Waals surface area contributed by atoms with Gasteiger partial charge in [0.1, 0.15) is 5.69 Å². The summed E-state index contributed by atoms with van der Waals surface area (Å²) in [6.07, 6.45) is 7.84. The number of azo groups is 1. The van der Waals surface area contributed by atoms with Crippen LogP contribution in [0.1, 0.15) is 11.1 Å². The molecule has 0 unspecified atom stereocenters. The lowest BCUT2D eigenvalue weighted by Gasteiger charge is -2.10. The van der Waals surface area contributed by atoms with Crippen LogP contribution in [0.5, 0.6) is 0 Å². The summed E-state index contributed by atoms with van der Waals surface area (Å²) >= 11 is 0. The van der Waals surface area contributed by atoms with Gasteiger partial charge in [0.25, 0.3) is 0 Å². The number of nitrogens with one attached hydrogen (secondary N) is 3. The van der Waals surface area contributed by atoms with E-state index in [4.69, 9.17) is 0 Å². The summed E-state index contributed by atoms with van der Waals surface area (Å²) in [6.45, 7) is 1.49. The molecular formula is C30H35N10+. The Hall–Kier alpha value is -5.12. The second kappa shape index (κ2) is 12.2. The van der Waals surface area contributed by atoms with Gasteiger partial charge in [-0.15, -0.1) is 5.10 Å². The highest BCUT2D eigenvalue weighted by Crippen LogP contribution is 2.20. The van der Waals surface area contributed by atoms with Crippen LogP contribution in [0.2, 0.25) is 0 Å². The molecule has 5 rings (SSSR count). The topological polar surface area (TPSA) is 91.8 Å². The second-order valence-corrected chi connectivity index (χ2v) is 9.71. The zero-order valence-electron chi connectivity index (χ0n) is 23.3. The van der Waals surface area contributed by atoms with E-state index in [9.17, 15) is 0 Å². The fraction of sp³-hybridized carbons (Fsp3) is 0.200. The van der Waals surface area contributed by atoms with E-state index in [-0.39, 0.29) is 0 Å². The van der Waals surface area contributed by atoms with Crippen LogP contribution in [0.25, 0.3) is 0 Å². The van der Waals surface area contributed by atoms with Gasteiger partial charge in [-0.2, -0.15) is 0 Å². The molecule has 3 N–H and O–H groups in total. The number of hydrogen-bond acceptors (Lipinski definition) is 6. The number of anilines is 3. The fourth-order valence-electron chi connectivity index (χ4n) is 4.17. The highest BCUT2D eigenvalue weighted by Gasteiger charge is 2.10. The number of hydrogen-bond donors (Lipinski definition) is 3. The number of rotatable bonds is 10. The highest BCUT2D eigenvalue weighted by atomic mass is 15.3. The third-order valence-electron chi connectivity index (χ3n) is 6.60. The number of aromatic nitrogens is 4. The van der Waals surface area contributed by atoms with E-state index in [1.165, 1.54) is 11.1 Å². The molecule has 3 aromatic carbocycles. The van der Waals surface area contributed by atoms with Gasteiger partial charge >= 0.3 is 5.95 Å². The fourth-order valence-corrected chi connectivity index (χ4v) is 4.17. The zero-order chi connectivity index (χ0) is 27.9. The van der Waals surface area contributed by atoms with E-state index in [2.05, 4.69) is 67.8 Å². The molecule has 2 heterocycles. The minimum Gasteiger partial charge on any atom is -0.381 e. The molecule has 5 aromatic rings. The smallest absolute Gasteiger partial charge is 0.381 e. The van der Waals surface area contributed by atoms with E-state index in [0.29, 0.717) is 0 Å². The van der Waals surface area contributed by atoms with Gasteiger partial charge in [-0.3, -0.25) is 5.43 Å². The van der Waals surface area contributed by atoms with Gasteiger partial charge in [0.2, 0.25) is 5.62 Å². The lowest BCUT2D eigenvalue weighted by atomic mass is 10.1. The Morgan fingerprint density at radius 1 is 0.625 bits per heavy atom. The predicted molar refractivity (Wildman–Crippen MR) is 158 cm³/mol. The summed E-state index contributed by atoms with van der Waals surface area (Å²) in [5, 5.41) is 20.1. The lowest BCUT2D eigenvalue weighted by molar-refractivity contribution is -0.657. The maximum absolute atomic E-state index is 4.47. The normalized spacial score (nSPS) is 11.1. The van der Waals surface area contributed by atoms with Crippen LogP contribution in [0.15, 0.2) is 113 Å². The van der Waals surface area contributed by atoms with Crippen molar-refractivity contribution in [3.8, 4) is 0 Å². The largest absolute Gasteiger partial charge is 0.421 e. The van der Waals surface area contributed by atoms with E-state index in [1.54, 1.807) is 0 Å². The van der Waals surface area contributed by atoms with Crippen molar-refractivity contribution in [2.75, 3.05) is 16.1 Å². The summed E-state index contributed by atoms with van der Waals surface area (Å²) in [4.78, 5) is 0. The van der Waals surface area contributed by atoms with Crippen molar-refractivity contribution in [2.45, 2.75) is 13.1 Å². The Morgan fingerprint density at radius 2 is 1.15 bits per heavy atom. The van der Waals surface area contributed by atoms with Gasteiger partial charge in [-0.05, 0) is 59.7 Å². The van der Waals surface area contributed by atoms with Crippen LogP contribution in [0.4, 0.5) is 28.7 Å². The summed E-state index contributed by atoms with van der Waals surface area (Å²) in [5.41, 5.74) is 10.2. The molecule has 0 atom stereocenters. The highest BCUT2D eigenvalue weighted by molar-refractivity contribution is 5.54. The minimum absolute atomic E-state index is 0.744. The maximum Gasteiger partial charge on any atom is 0.421 e. The van der Waals surface area contributed by atoms with Gasteiger partial charge in [0.15, 0.2) is 0 Å². The lowest BCUT2D eigenvalue weighted by Crippen LogP contribution is -2.25. The molecule has 0 radical (unpaired) electrons. The molecular weight excluding hydrogens is 500 g/mol. The number of aryl methyl sites for hydroxylation is 4. The monoisotopic (exact) mass is 535 g/mol. The first-order valence-corrected chi connectivity index (χ1v) is 13.1. The van der Waals surface area contributed by atoms with Gasteiger partial charge in [0.05, 0.1) is 32.2 Å². The Balaban J connectivity index is 1.08. The van der Waals surface area contributed by atoms with Crippen LogP contribution in [0.3, 0.4) is 0 Å². The van der Waals surface area contributed by atoms with E-state index < -0.39 is 0 Å². The molecule has 40 heavy (non-hydrogen) atoms. The molecule has 0 spiro atoms. The Labute approximate surface area is 234 Å². The van der Waals surface area contributed by atoms with Crippen LogP contribution in [-0.2, 0) is 41.3 Å². The third-order valence-corrected chi connectivity index (χ3v) is 6.60. The predicted octanol–water partition coefficient (Wildman–Crippen LogP) is 5.09. The quantitative estimate of drug-likeness (QED) is 0.132. The molecule has 0 saturated carbocycles. The van der Waals surface area contributed by atoms with Crippen molar-refractivity contribution in [1.82, 2.24) is 13.7 Å². The molecule has 0 fully saturated rings. The van der Waals surface area contributed by atoms with Crippen LogP contribution < -0.4 is 26.2 Å². The average molecular weight is 536 g/mol. The first-order chi connectivity index (χ1) is 19.4. The SMILES string of the molecule is Cn1cc[n+](C)c1N=Nc1ccc(NCc2ccc(CNc3ccc(NN=c4n(C)ccn4C)cc3)cc2)cc1. The third kappa shape index (κ3) is 6.65. The molecule has 0 amide bonds. The minimum atomic E-state index is 0.744. The van der Waals surface area contributed by atoms with Gasteiger partial charge in [0, 0.05) is 56.1 Å². The van der Waals surface area contributed by atoms with E-state index in [0.717, 1.165) is 47.4 Å². The summed E-state index contributed by atoms with van der Waals surface area (Å²) in [7, 11) is 7.84.